The summed E-state index contributed by atoms with van der Waals surface area (Å²) in [5, 5.41) is 7.03. The molecule has 1 saturated heterocycles. The second kappa shape index (κ2) is 6.31. The molecule has 4 rings (SSSR count). The molecule has 8 nitrogen and oxygen atoms in total. The maximum absolute atomic E-state index is 12.3. The first-order valence-electron chi connectivity index (χ1n) is 7.98. The van der Waals surface area contributed by atoms with Gasteiger partial charge in [-0.05, 0) is 24.6 Å². The molecule has 2 aromatic heterocycles. The van der Waals surface area contributed by atoms with Gasteiger partial charge in [-0.1, -0.05) is 12.1 Å². The van der Waals surface area contributed by atoms with Crippen LogP contribution in [0.5, 0.6) is 0 Å². The summed E-state index contributed by atoms with van der Waals surface area (Å²) in [4.78, 5) is 26.8. The van der Waals surface area contributed by atoms with Crippen molar-refractivity contribution in [1.82, 2.24) is 24.7 Å². The van der Waals surface area contributed by atoms with Crippen molar-refractivity contribution in [2.45, 2.75) is 6.92 Å². The van der Waals surface area contributed by atoms with Crippen LogP contribution in [0.4, 0.5) is 11.5 Å². The average molecular weight is 335 g/mol. The molecule has 3 aromatic rings. The number of hydrogen-bond donors (Lipinski definition) is 1. The molecule has 1 fully saturated rings. The molecule has 126 valence electrons. The molecular formula is C17H17N7O. The van der Waals surface area contributed by atoms with Crippen LogP contribution in [0.15, 0.2) is 49.3 Å². The van der Waals surface area contributed by atoms with Gasteiger partial charge in [-0.25, -0.2) is 19.6 Å². The topological polar surface area (TPSA) is 88.8 Å². The van der Waals surface area contributed by atoms with E-state index in [1.54, 1.807) is 11.0 Å². The number of aromatic nitrogens is 5. The molecule has 1 aromatic carbocycles. The van der Waals surface area contributed by atoms with Crippen molar-refractivity contribution in [2.24, 2.45) is 5.92 Å². The fraction of sp³-hybridized carbons (Fsp3) is 0.235. The molecule has 1 aliphatic heterocycles. The summed E-state index contributed by atoms with van der Waals surface area (Å²) in [5.74, 6) is 1.41. The van der Waals surface area contributed by atoms with Crippen molar-refractivity contribution >= 4 is 17.4 Å². The Morgan fingerprint density at radius 2 is 2.00 bits per heavy atom. The van der Waals surface area contributed by atoms with E-state index in [-0.39, 0.29) is 11.8 Å². The Bertz CT molecular complexity index is 888. The van der Waals surface area contributed by atoms with Crippen LogP contribution in [0.1, 0.15) is 5.56 Å². The van der Waals surface area contributed by atoms with Crippen LogP contribution in [0.3, 0.4) is 0 Å². The lowest BCUT2D eigenvalue weighted by atomic mass is 9.99. The van der Waals surface area contributed by atoms with E-state index in [1.807, 2.05) is 42.2 Å². The Labute approximate surface area is 144 Å². The van der Waals surface area contributed by atoms with E-state index in [1.165, 1.54) is 12.7 Å². The first-order valence-corrected chi connectivity index (χ1v) is 7.98. The Morgan fingerprint density at radius 1 is 1.16 bits per heavy atom. The molecular weight excluding hydrogens is 318 g/mol. The monoisotopic (exact) mass is 335 g/mol. The van der Waals surface area contributed by atoms with Crippen LogP contribution >= 0.6 is 0 Å². The van der Waals surface area contributed by atoms with Crippen molar-refractivity contribution in [3.63, 3.8) is 0 Å². The number of carbonyl (C=O) groups excluding carboxylic acids is 1. The maximum Gasteiger partial charge on any atom is 0.231 e. The van der Waals surface area contributed by atoms with Gasteiger partial charge in [0, 0.05) is 24.8 Å². The second-order valence-electron chi connectivity index (χ2n) is 6.04. The van der Waals surface area contributed by atoms with Crippen LogP contribution in [-0.2, 0) is 4.79 Å². The van der Waals surface area contributed by atoms with Gasteiger partial charge in [0.1, 0.15) is 24.8 Å². The molecule has 1 amide bonds. The van der Waals surface area contributed by atoms with E-state index in [0.717, 1.165) is 17.1 Å². The summed E-state index contributed by atoms with van der Waals surface area (Å²) in [6.07, 6.45) is 4.53. The van der Waals surface area contributed by atoms with Gasteiger partial charge >= 0.3 is 0 Å². The summed E-state index contributed by atoms with van der Waals surface area (Å²) >= 11 is 0. The average Bonchev–Trinajstić information content (AvgIpc) is 3.08. The number of anilines is 2. The third-order valence-corrected chi connectivity index (χ3v) is 4.15. The predicted molar refractivity (Wildman–Crippen MR) is 92.5 cm³/mol. The molecule has 0 spiro atoms. The predicted octanol–water partition coefficient (Wildman–Crippen LogP) is 1.44. The number of nitrogens with one attached hydrogen (secondary N) is 1. The van der Waals surface area contributed by atoms with Crippen molar-refractivity contribution in [1.29, 1.82) is 0 Å². The molecule has 0 saturated carbocycles. The first-order chi connectivity index (χ1) is 12.2. The van der Waals surface area contributed by atoms with E-state index in [0.29, 0.717) is 18.9 Å². The van der Waals surface area contributed by atoms with E-state index in [2.05, 4.69) is 25.4 Å². The highest BCUT2D eigenvalue weighted by atomic mass is 16.2. The number of amides is 1. The van der Waals surface area contributed by atoms with Crippen molar-refractivity contribution in [2.75, 3.05) is 23.3 Å². The first kappa shape index (κ1) is 15.3. The molecule has 0 radical (unpaired) electrons. The number of aryl methyl sites for hydroxylation is 1. The minimum Gasteiger partial charge on any atom is -0.355 e. The minimum atomic E-state index is -0.0507. The summed E-state index contributed by atoms with van der Waals surface area (Å²) in [6.45, 7) is 3.26. The highest BCUT2D eigenvalue weighted by Gasteiger charge is 2.33. The normalized spacial score (nSPS) is 14.2. The number of nitrogens with zero attached hydrogens (tertiary/aromatic N) is 6. The molecule has 1 aliphatic rings. The fourth-order valence-electron chi connectivity index (χ4n) is 2.76. The molecule has 0 aliphatic carbocycles. The van der Waals surface area contributed by atoms with Crippen LogP contribution in [0.2, 0.25) is 0 Å². The zero-order valence-electron chi connectivity index (χ0n) is 13.7. The van der Waals surface area contributed by atoms with E-state index in [9.17, 15) is 4.79 Å². The lowest BCUT2D eigenvalue weighted by Crippen LogP contribution is -2.52. The summed E-state index contributed by atoms with van der Waals surface area (Å²) in [6, 6.07) is 9.63. The van der Waals surface area contributed by atoms with Gasteiger partial charge < -0.3 is 10.2 Å². The lowest BCUT2D eigenvalue weighted by molar-refractivity contribution is -0.120. The number of benzene rings is 1. The molecule has 25 heavy (non-hydrogen) atoms. The maximum atomic E-state index is 12.3. The van der Waals surface area contributed by atoms with Crippen molar-refractivity contribution in [3.05, 3.63) is 54.9 Å². The molecule has 8 heteroatoms. The SMILES string of the molecule is Cc1cccc(NC(=O)C2CN(c3cc(-n4cncn4)ncn3)C2)c1. The van der Waals surface area contributed by atoms with Gasteiger partial charge in [0.05, 0.1) is 5.92 Å². The van der Waals surface area contributed by atoms with Gasteiger partial charge in [-0.3, -0.25) is 4.79 Å². The van der Waals surface area contributed by atoms with Gasteiger partial charge in [0.25, 0.3) is 0 Å². The van der Waals surface area contributed by atoms with E-state index >= 15 is 0 Å². The third kappa shape index (κ3) is 3.18. The molecule has 0 atom stereocenters. The smallest absolute Gasteiger partial charge is 0.231 e. The largest absolute Gasteiger partial charge is 0.355 e. The molecule has 1 N–H and O–H groups in total. The van der Waals surface area contributed by atoms with E-state index in [4.69, 9.17) is 0 Å². The number of rotatable bonds is 4. The summed E-state index contributed by atoms with van der Waals surface area (Å²) in [7, 11) is 0. The highest BCUT2D eigenvalue weighted by molar-refractivity contribution is 5.94. The van der Waals surface area contributed by atoms with Gasteiger partial charge in [-0.15, -0.1) is 0 Å². The van der Waals surface area contributed by atoms with Gasteiger partial charge in [0.15, 0.2) is 5.82 Å². The Kier molecular flexibility index (Phi) is 3.85. The van der Waals surface area contributed by atoms with Crippen molar-refractivity contribution in [3.8, 4) is 5.82 Å². The summed E-state index contributed by atoms with van der Waals surface area (Å²) < 4.78 is 1.58. The lowest BCUT2D eigenvalue weighted by Gasteiger charge is -2.39. The molecule has 0 bridgehead atoms. The number of carbonyl (C=O) groups is 1. The fourth-order valence-corrected chi connectivity index (χ4v) is 2.76. The second-order valence-corrected chi connectivity index (χ2v) is 6.04. The van der Waals surface area contributed by atoms with Crippen LogP contribution in [-0.4, -0.2) is 43.7 Å². The summed E-state index contributed by atoms with van der Waals surface area (Å²) in [5.41, 5.74) is 1.95. The van der Waals surface area contributed by atoms with Crippen LogP contribution < -0.4 is 10.2 Å². The van der Waals surface area contributed by atoms with Gasteiger partial charge in [0.2, 0.25) is 5.91 Å². The highest BCUT2D eigenvalue weighted by Crippen LogP contribution is 2.24. The minimum absolute atomic E-state index is 0.0346. The Balaban J connectivity index is 1.39. The molecule has 0 unspecified atom stereocenters. The Hall–Kier alpha value is -3.29. The zero-order valence-corrected chi connectivity index (χ0v) is 13.7. The Morgan fingerprint density at radius 3 is 2.76 bits per heavy atom. The standard InChI is InChI=1S/C17H17N7O/c1-12-3-2-4-14(5-12)22-17(25)13-7-23(8-13)15-6-16(20-10-19-15)24-11-18-9-21-24/h2-6,9-11,13H,7-8H2,1H3,(H,22,25). The zero-order chi connectivity index (χ0) is 17.2. The quantitative estimate of drug-likeness (QED) is 0.776. The van der Waals surface area contributed by atoms with Crippen LogP contribution in [0, 0.1) is 12.8 Å². The third-order valence-electron chi connectivity index (χ3n) is 4.15. The number of hydrogen-bond acceptors (Lipinski definition) is 6. The molecule has 3 heterocycles. The van der Waals surface area contributed by atoms with Crippen LogP contribution in [0.25, 0.3) is 5.82 Å². The van der Waals surface area contributed by atoms with Gasteiger partial charge in [-0.2, -0.15) is 5.10 Å². The van der Waals surface area contributed by atoms with Crippen molar-refractivity contribution < 1.29 is 4.79 Å². The van der Waals surface area contributed by atoms with E-state index < -0.39 is 0 Å².